The molecular weight excluding hydrogens is 198 g/mol. The molecule has 0 amide bonds. The molecule has 1 rings (SSSR count). The molecule has 72 valence electrons. The molecule has 1 aromatic rings. The maximum absolute atomic E-state index is 8.03. The van der Waals surface area contributed by atoms with Crippen LogP contribution in [0.25, 0.3) is 16.5 Å². The fourth-order valence-corrected chi connectivity index (χ4v) is 1.10. The van der Waals surface area contributed by atoms with E-state index in [4.69, 9.17) is 17.1 Å². The minimum absolute atomic E-state index is 0.501. The summed E-state index contributed by atoms with van der Waals surface area (Å²) in [5.41, 5.74) is 9.13. The van der Waals surface area contributed by atoms with Crippen LogP contribution in [0.2, 0.25) is 5.02 Å². The molecule has 0 unspecified atom stereocenters. The lowest BCUT2D eigenvalue weighted by atomic mass is 10.2. The first-order valence-corrected chi connectivity index (χ1v) is 4.63. The minimum atomic E-state index is 0.501. The third-order valence-corrected chi connectivity index (χ3v) is 1.89. The van der Waals surface area contributed by atoms with Gasteiger partial charge in [-0.1, -0.05) is 41.0 Å². The molecule has 0 aromatic heterocycles. The summed E-state index contributed by atoms with van der Waals surface area (Å²) < 4.78 is 0. The van der Waals surface area contributed by atoms with Crippen molar-refractivity contribution < 1.29 is 0 Å². The third-order valence-electron chi connectivity index (χ3n) is 1.64. The predicted octanol–water partition coefficient (Wildman–Crippen LogP) is 4.05. The Morgan fingerprint density at radius 3 is 2.71 bits per heavy atom. The van der Waals surface area contributed by atoms with E-state index in [9.17, 15) is 0 Å². The van der Waals surface area contributed by atoms with Gasteiger partial charge in [0, 0.05) is 16.5 Å². The Bertz CT molecular complexity index is 350. The fraction of sp³-hybridized carbons (Fsp3) is 0.200. The first-order valence-electron chi connectivity index (χ1n) is 4.26. The van der Waals surface area contributed by atoms with Gasteiger partial charge in [-0.2, -0.15) is 0 Å². The highest BCUT2D eigenvalue weighted by Gasteiger charge is 1.86. The van der Waals surface area contributed by atoms with Crippen LogP contribution in [0.15, 0.2) is 35.5 Å². The summed E-state index contributed by atoms with van der Waals surface area (Å²) >= 11 is 5.73. The number of azide groups is 1. The maximum atomic E-state index is 8.03. The minimum Gasteiger partial charge on any atom is -0.0937 e. The van der Waals surface area contributed by atoms with Crippen molar-refractivity contribution in [3.63, 3.8) is 0 Å². The second-order valence-electron chi connectivity index (χ2n) is 2.70. The number of hydrogen-bond donors (Lipinski definition) is 0. The van der Waals surface area contributed by atoms with Crippen LogP contribution in [0.1, 0.15) is 12.0 Å². The van der Waals surface area contributed by atoms with Gasteiger partial charge in [0.25, 0.3) is 0 Å². The third kappa shape index (κ3) is 3.99. The number of halogens is 1. The molecule has 0 radical (unpaired) electrons. The topological polar surface area (TPSA) is 48.8 Å². The molecule has 0 atom stereocenters. The van der Waals surface area contributed by atoms with Crippen molar-refractivity contribution in [2.45, 2.75) is 6.42 Å². The zero-order chi connectivity index (χ0) is 10.2. The Morgan fingerprint density at radius 1 is 1.36 bits per heavy atom. The van der Waals surface area contributed by atoms with E-state index < -0.39 is 0 Å². The monoisotopic (exact) mass is 207 g/mol. The fourth-order valence-electron chi connectivity index (χ4n) is 0.970. The molecule has 0 aliphatic carbocycles. The summed E-state index contributed by atoms with van der Waals surface area (Å²) in [5, 5.41) is 4.16. The Morgan fingerprint density at radius 2 is 2.07 bits per heavy atom. The predicted molar refractivity (Wildman–Crippen MR) is 59.1 cm³/mol. The molecule has 3 nitrogen and oxygen atoms in total. The molecule has 4 heteroatoms. The molecule has 0 aliphatic heterocycles. The van der Waals surface area contributed by atoms with E-state index in [0.717, 1.165) is 17.0 Å². The first kappa shape index (κ1) is 10.6. The van der Waals surface area contributed by atoms with Crippen molar-refractivity contribution in [3.05, 3.63) is 51.4 Å². The number of nitrogens with zero attached hydrogens (tertiary/aromatic N) is 3. The van der Waals surface area contributed by atoms with Crippen molar-refractivity contribution in [1.82, 2.24) is 0 Å². The van der Waals surface area contributed by atoms with E-state index >= 15 is 0 Å². The molecule has 0 aliphatic rings. The van der Waals surface area contributed by atoms with Crippen molar-refractivity contribution in [1.29, 1.82) is 0 Å². The molecule has 0 N–H and O–H groups in total. The van der Waals surface area contributed by atoms with Crippen LogP contribution in [0.3, 0.4) is 0 Å². The van der Waals surface area contributed by atoms with E-state index in [1.807, 2.05) is 36.4 Å². The zero-order valence-corrected chi connectivity index (χ0v) is 8.35. The number of benzene rings is 1. The Labute approximate surface area is 87.6 Å². The molecule has 14 heavy (non-hydrogen) atoms. The summed E-state index contributed by atoms with van der Waals surface area (Å²) in [5.74, 6) is 0. The van der Waals surface area contributed by atoms with Gasteiger partial charge in [-0.25, -0.2) is 0 Å². The van der Waals surface area contributed by atoms with E-state index in [1.54, 1.807) is 0 Å². The Hall–Kier alpha value is -1.44. The molecule has 0 fully saturated rings. The quantitative estimate of drug-likeness (QED) is 0.310. The SMILES string of the molecule is [N-]=[N+]=NCCC=Cc1ccc(Cl)cc1. The van der Waals surface area contributed by atoms with E-state index in [2.05, 4.69) is 10.0 Å². The molecule has 0 heterocycles. The Kier molecular flexibility index (Phi) is 4.62. The van der Waals surface area contributed by atoms with Crippen molar-refractivity contribution in [2.24, 2.45) is 5.11 Å². The van der Waals surface area contributed by atoms with Crippen molar-refractivity contribution >= 4 is 17.7 Å². The van der Waals surface area contributed by atoms with Gasteiger partial charge in [-0.3, -0.25) is 0 Å². The summed E-state index contributed by atoms with van der Waals surface area (Å²) in [6, 6.07) is 7.56. The van der Waals surface area contributed by atoms with Crippen LogP contribution >= 0.6 is 11.6 Å². The molecule has 0 saturated carbocycles. The van der Waals surface area contributed by atoms with Gasteiger partial charge in [0.15, 0.2) is 0 Å². The average molecular weight is 208 g/mol. The molecule has 1 aromatic carbocycles. The second-order valence-corrected chi connectivity index (χ2v) is 3.13. The van der Waals surface area contributed by atoms with Gasteiger partial charge in [0.1, 0.15) is 0 Å². The number of rotatable bonds is 4. The van der Waals surface area contributed by atoms with Crippen LogP contribution in [0.5, 0.6) is 0 Å². The first-order chi connectivity index (χ1) is 6.83. The van der Waals surface area contributed by atoms with Gasteiger partial charge in [-0.05, 0) is 29.6 Å². The van der Waals surface area contributed by atoms with E-state index in [-0.39, 0.29) is 0 Å². The van der Waals surface area contributed by atoms with E-state index in [1.165, 1.54) is 0 Å². The van der Waals surface area contributed by atoms with Crippen LogP contribution in [0.4, 0.5) is 0 Å². The van der Waals surface area contributed by atoms with Crippen molar-refractivity contribution in [2.75, 3.05) is 6.54 Å². The number of hydrogen-bond acceptors (Lipinski definition) is 1. The van der Waals surface area contributed by atoms with E-state index in [0.29, 0.717) is 6.54 Å². The lowest BCUT2D eigenvalue weighted by Crippen LogP contribution is -1.74. The molecular formula is C10H10ClN3. The molecule has 0 saturated heterocycles. The summed E-state index contributed by atoms with van der Waals surface area (Å²) in [4.78, 5) is 2.67. The Balaban J connectivity index is 2.43. The van der Waals surface area contributed by atoms with Gasteiger partial charge < -0.3 is 0 Å². The van der Waals surface area contributed by atoms with Crippen LogP contribution in [-0.4, -0.2) is 6.54 Å². The van der Waals surface area contributed by atoms with Crippen molar-refractivity contribution in [3.8, 4) is 0 Å². The van der Waals surface area contributed by atoms with Crippen LogP contribution in [-0.2, 0) is 0 Å². The standard InChI is InChI=1S/C10H10ClN3/c11-10-6-4-9(5-7-10)3-1-2-8-13-14-12/h1,3-7H,2,8H2. The van der Waals surface area contributed by atoms with Gasteiger partial charge >= 0.3 is 0 Å². The molecule has 0 bridgehead atoms. The highest BCUT2D eigenvalue weighted by molar-refractivity contribution is 6.30. The lowest BCUT2D eigenvalue weighted by Gasteiger charge is -1.92. The smallest absolute Gasteiger partial charge is 0.0406 e. The normalized spacial score (nSPS) is 10.1. The maximum Gasteiger partial charge on any atom is 0.0406 e. The highest BCUT2D eigenvalue weighted by Crippen LogP contribution is 2.10. The summed E-state index contributed by atoms with van der Waals surface area (Å²) in [7, 11) is 0. The molecule has 0 spiro atoms. The van der Waals surface area contributed by atoms with Gasteiger partial charge in [0.05, 0.1) is 0 Å². The summed E-state index contributed by atoms with van der Waals surface area (Å²) in [6.07, 6.45) is 4.70. The zero-order valence-electron chi connectivity index (χ0n) is 7.60. The van der Waals surface area contributed by atoms with Crippen LogP contribution in [0, 0.1) is 0 Å². The van der Waals surface area contributed by atoms with Gasteiger partial charge in [0.2, 0.25) is 0 Å². The second kappa shape index (κ2) is 6.08. The average Bonchev–Trinajstić information content (AvgIpc) is 2.21. The van der Waals surface area contributed by atoms with Gasteiger partial charge in [-0.15, -0.1) is 0 Å². The highest BCUT2D eigenvalue weighted by atomic mass is 35.5. The van der Waals surface area contributed by atoms with Crippen LogP contribution < -0.4 is 0 Å². The summed E-state index contributed by atoms with van der Waals surface area (Å²) in [6.45, 7) is 0.501. The lowest BCUT2D eigenvalue weighted by molar-refractivity contribution is 0.996. The largest absolute Gasteiger partial charge is 0.0937 e.